The molecule has 1 N–H and O–H groups in total. The molecule has 0 bridgehead atoms. The van der Waals surface area contributed by atoms with Crippen molar-refractivity contribution in [3.05, 3.63) is 0 Å². The fourth-order valence-electron chi connectivity index (χ4n) is 1.19. The van der Waals surface area contributed by atoms with Gasteiger partial charge in [0.1, 0.15) is 0 Å². The Balaban J connectivity index is 3.11. The second-order valence-corrected chi connectivity index (χ2v) is 9.08. The van der Waals surface area contributed by atoms with Gasteiger partial charge in [0.25, 0.3) is 0 Å². The quantitative estimate of drug-likeness (QED) is 0.394. The lowest BCUT2D eigenvalue weighted by Crippen LogP contribution is -1.91. The molecule has 2 nitrogen and oxygen atoms in total. The summed E-state index contributed by atoms with van der Waals surface area (Å²) in [5, 5.41) is 0. The molecular weight excluding hydrogens is 235 g/mol. The van der Waals surface area contributed by atoms with Crippen molar-refractivity contribution < 1.29 is 9.42 Å². The molecule has 0 aliphatic rings. The molecule has 0 amide bonds. The van der Waals surface area contributed by atoms with Crippen LogP contribution in [0.5, 0.6) is 0 Å². The molecular formula is C9H21O2PS2. The molecule has 0 saturated heterocycles. The lowest BCUT2D eigenvalue weighted by atomic mass is 10.0. The number of thiol groups is 1. The standard InChI is InChI=1S/C9H21O2PS2/c1-9(2)7-5-3-4-6-8-11-12(10,13)14/h9H,3-8H2,1-2H3,(H2,10,13,14). The molecule has 5 heteroatoms. The fourth-order valence-corrected chi connectivity index (χ4v) is 2.03. The zero-order valence-electron chi connectivity index (χ0n) is 8.98. The van der Waals surface area contributed by atoms with Gasteiger partial charge in [0.2, 0.25) is 5.69 Å². The van der Waals surface area contributed by atoms with Crippen LogP contribution in [0.15, 0.2) is 0 Å². The van der Waals surface area contributed by atoms with Gasteiger partial charge in [0, 0.05) is 0 Å². The third-order valence-corrected chi connectivity index (χ3v) is 3.12. The van der Waals surface area contributed by atoms with Crippen LogP contribution in [0.25, 0.3) is 0 Å². The molecule has 0 aliphatic heterocycles. The third-order valence-electron chi connectivity index (χ3n) is 1.94. The predicted octanol–water partition coefficient (Wildman–Crippen LogP) is 3.76. The first-order valence-electron chi connectivity index (χ1n) is 5.12. The van der Waals surface area contributed by atoms with Gasteiger partial charge in [0.15, 0.2) is 0 Å². The molecule has 0 aliphatic carbocycles. The zero-order chi connectivity index (χ0) is 11.0. The molecule has 0 aromatic carbocycles. The van der Waals surface area contributed by atoms with Crippen LogP contribution in [0.2, 0.25) is 0 Å². The van der Waals surface area contributed by atoms with E-state index < -0.39 is 5.69 Å². The Labute approximate surface area is 97.8 Å². The predicted molar refractivity (Wildman–Crippen MR) is 69.4 cm³/mol. The number of unbranched alkanes of at least 4 members (excludes halogenated alkanes) is 3. The van der Waals surface area contributed by atoms with Crippen molar-refractivity contribution in [1.82, 2.24) is 0 Å². The number of hydrogen-bond donors (Lipinski definition) is 2. The topological polar surface area (TPSA) is 29.5 Å². The van der Waals surface area contributed by atoms with E-state index in [1.165, 1.54) is 19.3 Å². The van der Waals surface area contributed by atoms with Gasteiger partial charge < -0.3 is 9.42 Å². The Morgan fingerprint density at radius 2 is 1.86 bits per heavy atom. The van der Waals surface area contributed by atoms with E-state index in [1.807, 2.05) is 0 Å². The lowest BCUT2D eigenvalue weighted by Gasteiger charge is -2.08. The summed E-state index contributed by atoms with van der Waals surface area (Å²) in [5.41, 5.74) is -2.71. The maximum absolute atomic E-state index is 9.06. The van der Waals surface area contributed by atoms with Gasteiger partial charge >= 0.3 is 0 Å². The molecule has 0 aromatic heterocycles. The summed E-state index contributed by atoms with van der Waals surface area (Å²) in [4.78, 5) is 9.06. The fraction of sp³-hybridized carbons (Fsp3) is 1.00. The smallest absolute Gasteiger partial charge is 0.241 e. The Morgan fingerprint density at radius 3 is 2.36 bits per heavy atom. The summed E-state index contributed by atoms with van der Waals surface area (Å²) in [7, 11) is 0. The minimum atomic E-state index is -2.71. The molecule has 0 fully saturated rings. The molecule has 0 aromatic rings. The highest BCUT2D eigenvalue weighted by Crippen LogP contribution is 2.47. The van der Waals surface area contributed by atoms with E-state index in [1.54, 1.807) is 0 Å². The van der Waals surface area contributed by atoms with E-state index in [4.69, 9.17) is 9.42 Å². The van der Waals surface area contributed by atoms with E-state index in [2.05, 4.69) is 37.9 Å². The monoisotopic (exact) mass is 256 g/mol. The first kappa shape index (κ1) is 14.9. The Kier molecular flexibility index (Phi) is 8.65. The van der Waals surface area contributed by atoms with E-state index in [0.29, 0.717) is 6.61 Å². The molecule has 0 spiro atoms. The molecule has 0 saturated carbocycles. The molecule has 0 heterocycles. The van der Waals surface area contributed by atoms with Crippen LogP contribution in [0.1, 0.15) is 46.0 Å². The van der Waals surface area contributed by atoms with Gasteiger partial charge in [0.05, 0.1) is 6.61 Å². The molecule has 86 valence electrons. The van der Waals surface area contributed by atoms with Gasteiger partial charge in [-0.2, -0.15) is 0 Å². The van der Waals surface area contributed by atoms with Crippen molar-refractivity contribution in [2.75, 3.05) is 6.61 Å². The van der Waals surface area contributed by atoms with Gasteiger partial charge in [-0.15, -0.1) is 0 Å². The van der Waals surface area contributed by atoms with E-state index >= 15 is 0 Å². The van der Waals surface area contributed by atoms with Gasteiger partial charge in [-0.3, -0.25) is 0 Å². The second kappa shape index (κ2) is 8.12. The highest BCUT2D eigenvalue weighted by atomic mass is 32.9. The van der Waals surface area contributed by atoms with Crippen molar-refractivity contribution in [2.45, 2.75) is 46.0 Å². The molecule has 0 rings (SSSR count). The molecule has 14 heavy (non-hydrogen) atoms. The zero-order valence-corrected chi connectivity index (χ0v) is 11.6. The third kappa shape index (κ3) is 12.9. The van der Waals surface area contributed by atoms with Crippen molar-refractivity contribution in [3.8, 4) is 0 Å². The van der Waals surface area contributed by atoms with Crippen LogP contribution < -0.4 is 0 Å². The molecule has 1 atom stereocenters. The van der Waals surface area contributed by atoms with Crippen molar-refractivity contribution in [3.63, 3.8) is 0 Å². The highest BCUT2D eigenvalue weighted by molar-refractivity contribution is 8.59. The number of hydrogen-bond acceptors (Lipinski definition) is 2. The van der Waals surface area contributed by atoms with Crippen LogP contribution in [-0.2, 0) is 16.3 Å². The molecule has 1 unspecified atom stereocenters. The molecule has 0 radical (unpaired) electrons. The van der Waals surface area contributed by atoms with Crippen molar-refractivity contribution in [2.24, 2.45) is 5.92 Å². The van der Waals surface area contributed by atoms with Crippen molar-refractivity contribution in [1.29, 1.82) is 0 Å². The summed E-state index contributed by atoms with van der Waals surface area (Å²) in [5.74, 6) is 0.798. The summed E-state index contributed by atoms with van der Waals surface area (Å²) >= 11 is 8.41. The summed E-state index contributed by atoms with van der Waals surface area (Å²) in [6.45, 7) is 5.02. The lowest BCUT2D eigenvalue weighted by molar-refractivity contribution is 0.307. The minimum Gasteiger partial charge on any atom is -0.338 e. The first-order chi connectivity index (χ1) is 6.42. The van der Waals surface area contributed by atoms with Crippen LogP contribution in [0.3, 0.4) is 0 Å². The van der Waals surface area contributed by atoms with Crippen LogP contribution in [-0.4, -0.2) is 11.5 Å². The highest BCUT2D eigenvalue weighted by Gasteiger charge is 2.04. The Hall–Kier alpha value is 0.920. The maximum Gasteiger partial charge on any atom is 0.241 e. The summed E-state index contributed by atoms with van der Waals surface area (Å²) in [6, 6.07) is 0. The van der Waals surface area contributed by atoms with E-state index in [-0.39, 0.29) is 0 Å². The van der Waals surface area contributed by atoms with Crippen LogP contribution in [0.4, 0.5) is 0 Å². The summed E-state index contributed by atoms with van der Waals surface area (Å²) < 4.78 is 5.00. The Bertz CT molecular complexity index is 180. The van der Waals surface area contributed by atoms with E-state index in [0.717, 1.165) is 18.8 Å². The average Bonchev–Trinajstić information content (AvgIpc) is 2.00. The average molecular weight is 256 g/mol. The summed E-state index contributed by atoms with van der Waals surface area (Å²) in [6.07, 6.45) is 5.94. The van der Waals surface area contributed by atoms with Gasteiger partial charge in [-0.25, -0.2) is 0 Å². The first-order valence-corrected chi connectivity index (χ1v) is 8.94. The normalized spacial score (nSPS) is 15.8. The van der Waals surface area contributed by atoms with Gasteiger partial charge in [-0.05, 0) is 24.1 Å². The Morgan fingerprint density at radius 1 is 1.29 bits per heavy atom. The largest absolute Gasteiger partial charge is 0.338 e. The van der Waals surface area contributed by atoms with Crippen LogP contribution >= 0.6 is 17.9 Å². The van der Waals surface area contributed by atoms with Crippen LogP contribution in [0, 0.1) is 5.92 Å². The number of rotatable bonds is 8. The maximum atomic E-state index is 9.06. The SMILES string of the molecule is CC(C)CCCCCCOP(O)(=S)S. The van der Waals surface area contributed by atoms with E-state index in [9.17, 15) is 0 Å². The minimum absolute atomic E-state index is 0.541. The van der Waals surface area contributed by atoms with Crippen molar-refractivity contribution >= 4 is 29.7 Å². The second-order valence-electron chi connectivity index (χ2n) is 3.92. The van der Waals surface area contributed by atoms with Gasteiger partial charge in [-0.1, -0.05) is 51.8 Å².